The molecule has 1 aliphatic carbocycles. The molecular formula is C14H17NO4S. The second-order valence-electron chi connectivity index (χ2n) is 5.46. The number of sulfonamides is 1. The van der Waals surface area contributed by atoms with Crippen LogP contribution in [0.4, 0.5) is 0 Å². The summed E-state index contributed by atoms with van der Waals surface area (Å²) >= 11 is 0. The molecule has 1 aromatic carbocycles. The fourth-order valence-electron chi connectivity index (χ4n) is 2.74. The average molecular weight is 295 g/mol. The molecule has 1 saturated heterocycles. The molecule has 2 fully saturated rings. The minimum atomic E-state index is -3.70. The van der Waals surface area contributed by atoms with E-state index in [2.05, 4.69) is 0 Å². The van der Waals surface area contributed by atoms with Crippen LogP contribution in [0.3, 0.4) is 0 Å². The lowest BCUT2D eigenvalue weighted by molar-refractivity contribution is -0.140. The topological polar surface area (TPSA) is 74.7 Å². The van der Waals surface area contributed by atoms with Crippen molar-refractivity contribution in [2.45, 2.75) is 42.5 Å². The van der Waals surface area contributed by atoms with Gasteiger partial charge in [-0.25, -0.2) is 8.42 Å². The second kappa shape index (κ2) is 4.86. The summed E-state index contributed by atoms with van der Waals surface area (Å²) in [6.45, 7) is 0.281. The van der Waals surface area contributed by atoms with E-state index < -0.39 is 22.0 Å². The van der Waals surface area contributed by atoms with Crippen molar-refractivity contribution < 1.29 is 18.3 Å². The van der Waals surface area contributed by atoms with E-state index in [9.17, 15) is 13.2 Å². The summed E-state index contributed by atoms with van der Waals surface area (Å²) in [4.78, 5) is 11.3. The van der Waals surface area contributed by atoms with Crippen molar-refractivity contribution in [2.24, 2.45) is 0 Å². The zero-order valence-corrected chi connectivity index (χ0v) is 11.8. The Bertz CT molecular complexity index is 619. The van der Waals surface area contributed by atoms with E-state index >= 15 is 0 Å². The molecule has 20 heavy (non-hydrogen) atoms. The Hall–Kier alpha value is -1.40. The Morgan fingerprint density at radius 1 is 1.15 bits per heavy atom. The third-order valence-electron chi connectivity index (χ3n) is 4.02. The number of carbonyl (C=O) groups is 1. The lowest BCUT2D eigenvalue weighted by atomic mass is 10.1. The molecule has 108 valence electrons. The molecule has 0 aromatic heterocycles. The monoisotopic (exact) mass is 295 g/mol. The third kappa shape index (κ3) is 2.33. The number of aliphatic carboxylic acids is 1. The van der Waals surface area contributed by atoms with Gasteiger partial charge in [-0.15, -0.1) is 0 Å². The molecule has 3 rings (SSSR count). The van der Waals surface area contributed by atoms with Gasteiger partial charge in [0.15, 0.2) is 0 Å². The molecule has 0 bridgehead atoms. The summed E-state index contributed by atoms with van der Waals surface area (Å²) in [5, 5.41) is 9.11. The van der Waals surface area contributed by atoms with Crippen molar-refractivity contribution in [3.63, 3.8) is 0 Å². The lowest BCUT2D eigenvalue weighted by Gasteiger charge is -2.21. The van der Waals surface area contributed by atoms with Crippen molar-refractivity contribution >= 4 is 16.0 Å². The maximum Gasteiger partial charge on any atom is 0.322 e. The van der Waals surface area contributed by atoms with Gasteiger partial charge in [0.1, 0.15) is 6.04 Å². The Labute approximate surface area is 118 Å². The maximum atomic E-state index is 12.5. The fourth-order valence-corrected chi connectivity index (χ4v) is 4.39. The maximum absolute atomic E-state index is 12.5. The van der Waals surface area contributed by atoms with Gasteiger partial charge in [0.2, 0.25) is 10.0 Å². The number of nitrogens with zero attached hydrogens (tertiary/aromatic N) is 1. The van der Waals surface area contributed by atoms with Crippen molar-refractivity contribution in [3.05, 3.63) is 29.8 Å². The Morgan fingerprint density at radius 3 is 2.35 bits per heavy atom. The van der Waals surface area contributed by atoms with Gasteiger partial charge in [-0.3, -0.25) is 4.79 Å². The Kier molecular flexibility index (Phi) is 3.30. The smallest absolute Gasteiger partial charge is 0.322 e. The number of benzene rings is 1. The van der Waals surface area contributed by atoms with Gasteiger partial charge in [-0.2, -0.15) is 4.31 Å². The largest absolute Gasteiger partial charge is 0.480 e. The first-order valence-corrected chi connectivity index (χ1v) is 8.29. The summed E-state index contributed by atoms with van der Waals surface area (Å²) < 4.78 is 26.1. The van der Waals surface area contributed by atoms with E-state index in [4.69, 9.17) is 5.11 Å². The average Bonchev–Trinajstić information content (AvgIpc) is 3.14. The molecule has 1 N–H and O–H groups in total. The molecule has 0 spiro atoms. The first-order chi connectivity index (χ1) is 9.50. The highest BCUT2D eigenvalue weighted by atomic mass is 32.2. The molecule has 1 saturated carbocycles. The van der Waals surface area contributed by atoms with Crippen molar-refractivity contribution in [3.8, 4) is 0 Å². The normalized spacial score (nSPS) is 23.9. The molecule has 6 heteroatoms. The molecule has 1 heterocycles. The number of hydrogen-bond acceptors (Lipinski definition) is 3. The predicted octanol–water partition coefficient (Wildman–Crippen LogP) is 1.80. The van der Waals surface area contributed by atoms with Gasteiger partial charge in [-0.05, 0) is 49.3 Å². The predicted molar refractivity (Wildman–Crippen MR) is 73.0 cm³/mol. The summed E-state index contributed by atoms with van der Waals surface area (Å²) in [5.41, 5.74) is 1.17. The van der Waals surface area contributed by atoms with Crippen LogP contribution in [0.25, 0.3) is 0 Å². The highest BCUT2D eigenvalue weighted by molar-refractivity contribution is 7.89. The van der Waals surface area contributed by atoms with Gasteiger partial charge in [0.05, 0.1) is 4.90 Å². The minimum Gasteiger partial charge on any atom is -0.480 e. The van der Waals surface area contributed by atoms with Gasteiger partial charge in [-0.1, -0.05) is 12.1 Å². The molecule has 5 nitrogen and oxygen atoms in total. The lowest BCUT2D eigenvalue weighted by Crippen LogP contribution is -2.40. The minimum absolute atomic E-state index is 0.190. The Morgan fingerprint density at radius 2 is 1.80 bits per heavy atom. The molecule has 1 atom stereocenters. The van der Waals surface area contributed by atoms with Crippen LogP contribution in [0.15, 0.2) is 29.2 Å². The van der Waals surface area contributed by atoms with E-state index in [1.807, 2.05) is 12.1 Å². The van der Waals surface area contributed by atoms with Crippen molar-refractivity contribution in [2.75, 3.05) is 6.54 Å². The van der Waals surface area contributed by atoms with Gasteiger partial charge >= 0.3 is 5.97 Å². The van der Waals surface area contributed by atoms with Crippen LogP contribution in [0.5, 0.6) is 0 Å². The highest BCUT2D eigenvalue weighted by Gasteiger charge is 2.39. The van der Waals surface area contributed by atoms with Gasteiger partial charge < -0.3 is 5.11 Å². The zero-order chi connectivity index (χ0) is 14.3. The van der Waals surface area contributed by atoms with E-state index in [1.54, 1.807) is 12.1 Å². The van der Waals surface area contributed by atoms with Crippen LogP contribution in [0, 0.1) is 0 Å². The summed E-state index contributed by atoms with van der Waals surface area (Å²) in [7, 11) is -3.70. The summed E-state index contributed by atoms with van der Waals surface area (Å²) in [5.74, 6) is -0.494. The van der Waals surface area contributed by atoms with Gasteiger partial charge in [0, 0.05) is 6.54 Å². The summed E-state index contributed by atoms with van der Waals surface area (Å²) in [6.07, 6.45) is 3.31. The van der Waals surface area contributed by atoms with Crippen LogP contribution >= 0.6 is 0 Å². The second-order valence-corrected chi connectivity index (χ2v) is 7.35. The van der Waals surface area contributed by atoms with Crippen LogP contribution < -0.4 is 0 Å². The van der Waals surface area contributed by atoms with Gasteiger partial charge in [0.25, 0.3) is 0 Å². The molecule has 1 aromatic rings. The summed E-state index contributed by atoms with van der Waals surface area (Å²) in [6, 6.07) is 5.95. The molecular weight excluding hydrogens is 278 g/mol. The zero-order valence-electron chi connectivity index (χ0n) is 11.0. The van der Waals surface area contributed by atoms with E-state index in [1.165, 1.54) is 18.4 Å². The van der Waals surface area contributed by atoms with Crippen molar-refractivity contribution in [1.82, 2.24) is 4.31 Å². The van der Waals surface area contributed by atoms with Crippen LogP contribution in [0.2, 0.25) is 0 Å². The quantitative estimate of drug-likeness (QED) is 0.919. The van der Waals surface area contributed by atoms with Crippen molar-refractivity contribution in [1.29, 1.82) is 0 Å². The van der Waals surface area contributed by atoms with E-state index in [0.717, 1.165) is 4.31 Å². The standard InChI is InChI=1S/C14H17NO4S/c16-14(17)13-2-1-9-15(13)20(18,19)12-7-5-11(6-8-12)10-3-4-10/h5-8,10,13H,1-4,9H2,(H,16,17)/t13-/m0/s1. The SMILES string of the molecule is O=C(O)[C@@H]1CCCN1S(=O)(=O)c1ccc(C2CC2)cc1. The third-order valence-corrected chi connectivity index (χ3v) is 5.95. The fraction of sp³-hybridized carbons (Fsp3) is 0.500. The van der Waals surface area contributed by atoms with E-state index in [-0.39, 0.29) is 11.4 Å². The Balaban J connectivity index is 1.88. The molecule has 0 unspecified atom stereocenters. The first kappa shape index (κ1) is 13.6. The molecule has 0 amide bonds. The highest BCUT2D eigenvalue weighted by Crippen LogP contribution is 2.40. The van der Waals surface area contributed by atoms with Crippen LogP contribution in [-0.4, -0.2) is 36.4 Å². The number of carboxylic acids is 1. The van der Waals surface area contributed by atoms with Crippen LogP contribution in [0.1, 0.15) is 37.2 Å². The first-order valence-electron chi connectivity index (χ1n) is 6.85. The molecule has 1 aliphatic heterocycles. The number of hydrogen-bond donors (Lipinski definition) is 1. The number of rotatable bonds is 4. The molecule has 2 aliphatic rings. The van der Waals surface area contributed by atoms with Crippen LogP contribution in [-0.2, 0) is 14.8 Å². The van der Waals surface area contributed by atoms with E-state index in [0.29, 0.717) is 18.8 Å². The molecule has 0 radical (unpaired) electrons. The number of carboxylic acid groups (broad SMARTS) is 1.